The smallest absolute Gasteiger partial charge is 0.119 e. The van der Waals surface area contributed by atoms with Gasteiger partial charge in [-0.25, -0.2) is 0 Å². The summed E-state index contributed by atoms with van der Waals surface area (Å²) in [5, 5.41) is 3.32. The number of hydrogen-bond donors (Lipinski definition) is 1. The minimum absolute atomic E-state index is 0.240. The molecule has 1 rings (SSSR count). The van der Waals surface area contributed by atoms with E-state index in [9.17, 15) is 0 Å². The Balaban J connectivity index is 2.40. The van der Waals surface area contributed by atoms with Crippen LogP contribution >= 0.6 is 15.9 Å². The van der Waals surface area contributed by atoms with Crippen LogP contribution in [0.25, 0.3) is 0 Å². The van der Waals surface area contributed by atoms with E-state index < -0.39 is 0 Å². The zero-order valence-electron chi connectivity index (χ0n) is 12.4. The van der Waals surface area contributed by atoms with E-state index in [0.29, 0.717) is 19.8 Å². The molecule has 0 saturated carbocycles. The van der Waals surface area contributed by atoms with Gasteiger partial charge in [-0.15, -0.1) is 0 Å². The third-order valence-corrected chi connectivity index (χ3v) is 3.39. The number of rotatable bonds is 10. The van der Waals surface area contributed by atoms with Crippen molar-refractivity contribution in [3.05, 3.63) is 28.2 Å². The Morgan fingerprint density at radius 2 is 2.00 bits per heavy atom. The molecule has 0 aromatic heterocycles. The average molecular weight is 346 g/mol. The quantitative estimate of drug-likeness (QED) is 0.661. The summed E-state index contributed by atoms with van der Waals surface area (Å²) in [5.74, 6) is 0.865. The molecule has 0 atom stereocenters. The number of nitrogens with one attached hydrogen (secondary N) is 1. The van der Waals surface area contributed by atoms with Crippen LogP contribution in [0.2, 0.25) is 0 Å². The first-order valence-electron chi connectivity index (χ1n) is 6.86. The molecular formula is C15H24BrNO3. The summed E-state index contributed by atoms with van der Waals surface area (Å²) in [5.41, 5.74) is 1.17. The van der Waals surface area contributed by atoms with Gasteiger partial charge in [0.2, 0.25) is 0 Å². The summed E-state index contributed by atoms with van der Waals surface area (Å²) in [7, 11) is 1.70. The van der Waals surface area contributed by atoms with Crippen LogP contribution in [0.1, 0.15) is 19.4 Å². The van der Waals surface area contributed by atoms with Gasteiger partial charge in [0.1, 0.15) is 12.4 Å². The molecule has 0 unspecified atom stereocenters. The number of halogens is 1. The van der Waals surface area contributed by atoms with Crippen LogP contribution in [-0.2, 0) is 16.0 Å². The molecule has 0 aliphatic rings. The maximum absolute atomic E-state index is 5.68. The van der Waals surface area contributed by atoms with E-state index in [4.69, 9.17) is 14.2 Å². The Labute approximate surface area is 129 Å². The lowest BCUT2D eigenvalue weighted by Crippen LogP contribution is -2.18. The molecule has 0 aliphatic heterocycles. The molecule has 114 valence electrons. The monoisotopic (exact) mass is 345 g/mol. The van der Waals surface area contributed by atoms with E-state index in [1.54, 1.807) is 7.11 Å². The highest BCUT2D eigenvalue weighted by molar-refractivity contribution is 9.10. The van der Waals surface area contributed by atoms with Crippen molar-refractivity contribution in [2.24, 2.45) is 0 Å². The Bertz CT molecular complexity index is 385. The Morgan fingerprint density at radius 1 is 1.20 bits per heavy atom. The fourth-order valence-corrected chi connectivity index (χ4v) is 2.00. The Kier molecular flexibility index (Phi) is 8.85. The van der Waals surface area contributed by atoms with Crippen molar-refractivity contribution in [2.45, 2.75) is 26.5 Å². The van der Waals surface area contributed by atoms with Crippen LogP contribution in [0.3, 0.4) is 0 Å². The number of benzene rings is 1. The van der Waals surface area contributed by atoms with E-state index in [1.807, 2.05) is 32.0 Å². The molecule has 1 aromatic rings. The number of methoxy groups -OCH3 is 1. The third-order valence-electron chi connectivity index (χ3n) is 2.62. The SMILES string of the molecule is COCCNCc1cc(OCCOC(C)C)ccc1Br. The van der Waals surface area contributed by atoms with Crippen LogP contribution < -0.4 is 10.1 Å². The van der Waals surface area contributed by atoms with Gasteiger partial charge in [0.05, 0.1) is 19.3 Å². The van der Waals surface area contributed by atoms with Gasteiger partial charge in [-0.05, 0) is 37.6 Å². The van der Waals surface area contributed by atoms with Crippen molar-refractivity contribution in [1.82, 2.24) is 5.32 Å². The molecule has 0 bridgehead atoms. The van der Waals surface area contributed by atoms with Crippen molar-refractivity contribution < 1.29 is 14.2 Å². The lowest BCUT2D eigenvalue weighted by Gasteiger charge is -2.12. The van der Waals surface area contributed by atoms with E-state index in [1.165, 1.54) is 5.56 Å². The van der Waals surface area contributed by atoms with E-state index >= 15 is 0 Å². The van der Waals surface area contributed by atoms with E-state index in [0.717, 1.165) is 23.3 Å². The van der Waals surface area contributed by atoms with Gasteiger partial charge in [-0.1, -0.05) is 15.9 Å². The highest BCUT2D eigenvalue weighted by Gasteiger charge is 2.03. The molecule has 0 fully saturated rings. The van der Waals surface area contributed by atoms with Gasteiger partial charge in [0.15, 0.2) is 0 Å². The van der Waals surface area contributed by atoms with Gasteiger partial charge >= 0.3 is 0 Å². The van der Waals surface area contributed by atoms with Crippen LogP contribution in [0.5, 0.6) is 5.75 Å². The maximum atomic E-state index is 5.68. The summed E-state index contributed by atoms with van der Waals surface area (Å²) < 4.78 is 17.2. The lowest BCUT2D eigenvalue weighted by molar-refractivity contribution is 0.0552. The average Bonchev–Trinajstić information content (AvgIpc) is 2.42. The fraction of sp³-hybridized carbons (Fsp3) is 0.600. The Morgan fingerprint density at radius 3 is 2.70 bits per heavy atom. The molecule has 1 aromatic carbocycles. The molecule has 0 spiro atoms. The van der Waals surface area contributed by atoms with Crippen LogP contribution in [-0.4, -0.2) is 39.6 Å². The second-order valence-corrected chi connectivity index (χ2v) is 5.55. The molecule has 0 radical (unpaired) electrons. The van der Waals surface area contributed by atoms with Crippen LogP contribution in [0.15, 0.2) is 22.7 Å². The predicted octanol–water partition coefficient (Wildman–Crippen LogP) is 2.99. The predicted molar refractivity (Wildman–Crippen MR) is 84.3 cm³/mol. The first-order chi connectivity index (χ1) is 9.63. The number of hydrogen-bond acceptors (Lipinski definition) is 4. The summed E-state index contributed by atoms with van der Waals surface area (Å²) >= 11 is 3.55. The zero-order valence-corrected chi connectivity index (χ0v) is 14.0. The summed E-state index contributed by atoms with van der Waals surface area (Å²) in [4.78, 5) is 0. The van der Waals surface area contributed by atoms with Crippen molar-refractivity contribution in [1.29, 1.82) is 0 Å². The molecular weight excluding hydrogens is 322 g/mol. The molecule has 1 N–H and O–H groups in total. The highest BCUT2D eigenvalue weighted by atomic mass is 79.9. The van der Waals surface area contributed by atoms with Crippen molar-refractivity contribution in [2.75, 3.05) is 33.5 Å². The minimum Gasteiger partial charge on any atom is -0.491 e. The molecule has 0 amide bonds. The normalized spacial score (nSPS) is 11.1. The second-order valence-electron chi connectivity index (χ2n) is 4.69. The standard InChI is InChI=1S/C15H24BrNO3/c1-12(2)19-8-9-20-14-4-5-15(16)13(10-14)11-17-6-7-18-3/h4-5,10,12,17H,6-9,11H2,1-3H3. The van der Waals surface area contributed by atoms with E-state index in [2.05, 4.69) is 21.2 Å². The summed E-state index contributed by atoms with van der Waals surface area (Å²) in [6, 6.07) is 6.00. The van der Waals surface area contributed by atoms with Crippen molar-refractivity contribution in [3.63, 3.8) is 0 Å². The van der Waals surface area contributed by atoms with Crippen molar-refractivity contribution in [3.8, 4) is 5.75 Å². The molecule has 0 aliphatic carbocycles. The first-order valence-corrected chi connectivity index (χ1v) is 7.65. The minimum atomic E-state index is 0.240. The largest absolute Gasteiger partial charge is 0.491 e. The van der Waals surface area contributed by atoms with Crippen LogP contribution in [0.4, 0.5) is 0 Å². The molecule has 0 saturated heterocycles. The van der Waals surface area contributed by atoms with Gasteiger partial charge in [-0.2, -0.15) is 0 Å². The molecule has 5 heteroatoms. The molecule has 4 nitrogen and oxygen atoms in total. The van der Waals surface area contributed by atoms with Gasteiger partial charge < -0.3 is 19.5 Å². The van der Waals surface area contributed by atoms with Gasteiger partial charge in [-0.3, -0.25) is 0 Å². The van der Waals surface area contributed by atoms with Gasteiger partial charge in [0, 0.05) is 24.7 Å². The third kappa shape index (κ3) is 7.24. The van der Waals surface area contributed by atoms with Crippen molar-refractivity contribution >= 4 is 15.9 Å². The second kappa shape index (κ2) is 10.2. The van der Waals surface area contributed by atoms with Crippen LogP contribution in [0, 0.1) is 0 Å². The summed E-state index contributed by atoms with van der Waals surface area (Å²) in [6.45, 7) is 7.53. The summed E-state index contributed by atoms with van der Waals surface area (Å²) in [6.07, 6.45) is 0.240. The maximum Gasteiger partial charge on any atom is 0.119 e. The zero-order chi connectivity index (χ0) is 14.8. The fourth-order valence-electron chi connectivity index (χ4n) is 1.62. The molecule has 0 heterocycles. The Hall–Kier alpha value is -0.620. The number of ether oxygens (including phenoxy) is 3. The van der Waals surface area contributed by atoms with Gasteiger partial charge in [0.25, 0.3) is 0 Å². The lowest BCUT2D eigenvalue weighted by atomic mass is 10.2. The molecule has 20 heavy (non-hydrogen) atoms. The first kappa shape index (κ1) is 17.4. The highest BCUT2D eigenvalue weighted by Crippen LogP contribution is 2.22. The van der Waals surface area contributed by atoms with E-state index in [-0.39, 0.29) is 6.10 Å². The topological polar surface area (TPSA) is 39.7 Å².